The number of carbonyl (C=O) groups excluding carboxylic acids is 1. The summed E-state index contributed by atoms with van der Waals surface area (Å²) in [6.45, 7) is 4.24. The van der Waals surface area contributed by atoms with E-state index in [0.29, 0.717) is 6.42 Å². The molecule has 3 heteroatoms. The van der Waals surface area contributed by atoms with Gasteiger partial charge in [0.25, 0.3) is 0 Å². The van der Waals surface area contributed by atoms with E-state index in [-0.39, 0.29) is 10.5 Å². The lowest BCUT2D eigenvalue weighted by Crippen LogP contribution is -2.25. The van der Waals surface area contributed by atoms with Crippen LogP contribution in [-0.2, 0) is 10.2 Å². The van der Waals surface area contributed by atoms with Gasteiger partial charge in [0.15, 0.2) is 5.12 Å². The molecule has 0 amide bonds. The van der Waals surface area contributed by atoms with Gasteiger partial charge >= 0.3 is 0 Å². The standard InChI is InChI=1S/C11H11BrOS/c1-11(2)6-10(13)14-9-4-3-7(12)5-8(9)11/h3-5H,6H2,1-2H3. The van der Waals surface area contributed by atoms with Crippen molar-refractivity contribution in [1.29, 1.82) is 0 Å². The quantitative estimate of drug-likeness (QED) is 0.714. The Hall–Kier alpha value is -0.280. The Labute approximate surface area is 96.4 Å². The Bertz CT molecular complexity index is 398. The second kappa shape index (κ2) is 3.38. The van der Waals surface area contributed by atoms with E-state index >= 15 is 0 Å². The Kier molecular flexibility index (Phi) is 2.48. The summed E-state index contributed by atoms with van der Waals surface area (Å²) in [5.41, 5.74) is 1.25. The van der Waals surface area contributed by atoms with E-state index in [0.717, 1.165) is 9.37 Å². The fraction of sp³-hybridized carbons (Fsp3) is 0.364. The van der Waals surface area contributed by atoms with Gasteiger partial charge in [-0.25, -0.2) is 0 Å². The van der Waals surface area contributed by atoms with E-state index in [1.807, 2.05) is 12.1 Å². The summed E-state index contributed by atoms with van der Waals surface area (Å²) < 4.78 is 1.08. The highest BCUT2D eigenvalue weighted by Crippen LogP contribution is 2.43. The van der Waals surface area contributed by atoms with Crippen LogP contribution < -0.4 is 0 Å². The first-order valence-corrected chi connectivity index (χ1v) is 6.11. The highest BCUT2D eigenvalue weighted by Gasteiger charge is 2.32. The number of hydrogen-bond donors (Lipinski definition) is 0. The van der Waals surface area contributed by atoms with Crippen LogP contribution in [0.2, 0.25) is 0 Å². The van der Waals surface area contributed by atoms with Crippen LogP contribution >= 0.6 is 27.7 Å². The van der Waals surface area contributed by atoms with Crippen molar-refractivity contribution in [2.24, 2.45) is 0 Å². The molecule has 0 bridgehead atoms. The fourth-order valence-corrected chi connectivity index (χ4v) is 3.36. The highest BCUT2D eigenvalue weighted by molar-refractivity contribution is 9.10. The van der Waals surface area contributed by atoms with Crippen molar-refractivity contribution < 1.29 is 4.79 Å². The molecule has 0 atom stereocenters. The zero-order valence-electron chi connectivity index (χ0n) is 8.13. The number of halogens is 1. The van der Waals surface area contributed by atoms with Crippen molar-refractivity contribution in [2.45, 2.75) is 30.6 Å². The molecule has 0 fully saturated rings. The minimum atomic E-state index is -0.0263. The molecule has 14 heavy (non-hydrogen) atoms. The van der Waals surface area contributed by atoms with Crippen LogP contribution in [0, 0.1) is 0 Å². The average Bonchev–Trinajstić information content (AvgIpc) is 2.05. The molecule has 1 heterocycles. The summed E-state index contributed by atoms with van der Waals surface area (Å²) >= 11 is 4.83. The van der Waals surface area contributed by atoms with Gasteiger partial charge in [-0.05, 0) is 29.2 Å². The van der Waals surface area contributed by atoms with Crippen molar-refractivity contribution in [3.8, 4) is 0 Å². The summed E-state index contributed by atoms with van der Waals surface area (Å²) in [5, 5.41) is 0.268. The molecule has 0 aliphatic carbocycles. The second-order valence-electron chi connectivity index (χ2n) is 4.18. The van der Waals surface area contributed by atoms with Gasteiger partial charge in [-0.2, -0.15) is 0 Å². The lowest BCUT2D eigenvalue weighted by atomic mass is 9.81. The minimum Gasteiger partial charge on any atom is -0.287 e. The third kappa shape index (κ3) is 1.75. The highest BCUT2D eigenvalue weighted by atomic mass is 79.9. The second-order valence-corrected chi connectivity index (χ2v) is 6.19. The van der Waals surface area contributed by atoms with E-state index in [2.05, 4.69) is 35.8 Å². The smallest absolute Gasteiger partial charge is 0.194 e. The van der Waals surface area contributed by atoms with Crippen LogP contribution in [0.5, 0.6) is 0 Å². The van der Waals surface area contributed by atoms with Crippen LogP contribution in [0.1, 0.15) is 25.8 Å². The maximum atomic E-state index is 11.5. The zero-order valence-corrected chi connectivity index (χ0v) is 10.5. The third-order valence-electron chi connectivity index (χ3n) is 2.48. The monoisotopic (exact) mass is 270 g/mol. The molecule has 0 radical (unpaired) electrons. The van der Waals surface area contributed by atoms with E-state index in [9.17, 15) is 4.79 Å². The lowest BCUT2D eigenvalue weighted by molar-refractivity contribution is -0.112. The maximum absolute atomic E-state index is 11.5. The molecule has 1 aromatic rings. The summed E-state index contributed by atoms with van der Waals surface area (Å²) in [5.74, 6) is 0. The molecule has 0 aromatic heterocycles. The lowest BCUT2D eigenvalue weighted by Gasteiger charge is -2.30. The number of fused-ring (bicyclic) bond motifs is 1. The number of benzene rings is 1. The van der Waals surface area contributed by atoms with Gasteiger partial charge < -0.3 is 0 Å². The van der Waals surface area contributed by atoms with E-state index in [4.69, 9.17) is 0 Å². The Balaban J connectivity index is 2.58. The Morgan fingerprint density at radius 1 is 1.43 bits per heavy atom. The average molecular weight is 271 g/mol. The van der Waals surface area contributed by atoms with Gasteiger partial charge in [-0.15, -0.1) is 0 Å². The molecule has 0 spiro atoms. The van der Waals surface area contributed by atoms with Crippen LogP contribution in [0.3, 0.4) is 0 Å². The number of thioether (sulfide) groups is 1. The van der Waals surface area contributed by atoms with Crippen LogP contribution in [0.4, 0.5) is 0 Å². The predicted octanol–water partition coefficient (Wildman–Crippen LogP) is 3.75. The fourth-order valence-electron chi connectivity index (χ4n) is 1.73. The number of hydrogen-bond acceptors (Lipinski definition) is 2. The van der Waals surface area contributed by atoms with Gasteiger partial charge in [0.1, 0.15) is 0 Å². The normalized spacial score (nSPS) is 19.2. The van der Waals surface area contributed by atoms with Crippen molar-refractivity contribution >= 4 is 32.8 Å². The van der Waals surface area contributed by atoms with Crippen molar-refractivity contribution in [2.75, 3.05) is 0 Å². The first-order valence-electron chi connectivity index (χ1n) is 4.50. The molecule has 0 saturated heterocycles. The molecular weight excluding hydrogens is 260 g/mol. The summed E-state index contributed by atoms with van der Waals surface area (Å²) in [4.78, 5) is 12.6. The van der Waals surface area contributed by atoms with Crippen LogP contribution in [0.15, 0.2) is 27.6 Å². The van der Waals surface area contributed by atoms with E-state index in [1.165, 1.54) is 17.3 Å². The molecule has 1 nitrogen and oxygen atoms in total. The Morgan fingerprint density at radius 3 is 2.86 bits per heavy atom. The van der Waals surface area contributed by atoms with Gasteiger partial charge in [0.2, 0.25) is 0 Å². The summed E-state index contributed by atoms with van der Waals surface area (Å²) in [6, 6.07) is 6.12. The summed E-state index contributed by atoms with van der Waals surface area (Å²) in [6.07, 6.45) is 0.626. The number of carbonyl (C=O) groups is 1. The topological polar surface area (TPSA) is 17.1 Å². The molecule has 2 rings (SSSR count). The predicted molar refractivity (Wildman–Crippen MR) is 62.6 cm³/mol. The van der Waals surface area contributed by atoms with Gasteiger partial charge in [-0.3, -0.25) is 4.79 Å². The summed E-state index contributed by atoms with van der Waals surface area (Å²) in [7, 11) is 0. The van der Waals surface area contributed by atoms with Crippen LogP contribution in [-0.4, -0.2) is 5.12 Å². The molecule has 1 aliphatic heterocycles. The molecule has 0 N–H and O–H groups in total. The first kappa shape index (κ1) is 10.2. The number of rotatable bonds is 0. The molecular formula is C11H11BrOS. The van der Waals surface area contributed by atoms with Crippen molar-refractivity contribution in [3.05, 3.63) is 28.2 Å². The molecule has 74 valence electrons. The zero-order chi connectivity index (χ0) is 10.3. The third-order valence-corrected chi connectivity index (χ3v) is 3.92. The van der Waals surface area contributed by atoms with Crippen molar-refractivity contribution in [1.82, 2.24) is 0 Å². The minimum absolute atomic E-state index is 0.0263. The van der Waals surface area contributed by atoms with Gasteiger partial charge in [-0.1, -0.05) is 41.5 Å². The maximum Gasteiger partial charge on any atom is 0.194 e. The van der Waals surface area contributed by atoms with E-state index < -0.39 is 0 Å². The van der Waals surface area contributed by atoms with Crippen LogP contribution in [0.25, 0.3) is 0 Å². The first-order chi connectivity index (χ1) is 6.49. The van der Waals surface area contributed by atoms with E-state index in [1.54, 1.807) is 0 Å². The van der Waals surface area contributed by atoms with Gasteiger partial charge in [0.05, 0.1) is 0 Å². The SMILES string of the molecule is CC1(C)CC(=O)Sc2ccc(Br)cc21. The Morgan fingerprint density at radius 2 is 2.14 bits per heavy atom. The largest absolute Gasteiger partial charge is 0.287 e. The molecule has 0 unspecified atom stereocenters. The van der Waals surface area contributed by atoms with Crippen molar-refractivity contribution in [3.63, 3.8) is 0 Å². The molecule has 0 saturated carbocycles. The molecule has 1 aliphatic rings. The van der Waals surface area contributed by atoms with Gasteiger partial charge in [0, 0.05) is 15.8 Å². The molecule has 1 aromatic carbocycles.